The zero-order valence-electron chi connectivity index (χ0n) is 13.0. The molecule has 0 bridgehead atoms. The van der Waals surface area contributed by atoms with E-state index in [1.807, 2.05) is 12.1 Å². The van der Waals surface area contributed by atoms with Crippen LogP contribution in [0.25, 0.3) is 0 Å². The molecule has 0 saturated heterocycles. The van der Waals surface area contributed by atoms with Crippen LogP contribution >= 0.6 is 0 Å². The van der Waals surface area contributed by atoms with Gasteiger partial charge in [0, 0.05) is 12.0 Å². The molecule has 0 unspecified atom stereocenters. The van der Waals surface area contributed by atoms with Crippen molar-refractivity contribution in [1.29, 1.82) is 0 Å². The molecule has 3 heteroatoms. The zero-order valence-corrected chi connectivity index (χ0v) is 13.0. The standard InChI is InChI=1S/C17H24O3/c1-11(2)13-8-14(12(3)4)10-15(9-13)16(18)6-7-17(19)20-5/h8-12H,6-7H2,1-5H3. The fourth-order valence-electron chi connectivity index (χ4n) is 1.97. The number of benzene rings is 1. The van der Waals surface area contributed by atoms with Crippen LogP contribution in [0.3, 0.4) is 0 Å². The molecule has 0 fully saturated rings. The molecule has 1 aromatic carbocycles. The lowest BCUT2D eigenvalue weighted by atomic mass is 9.91. The molecule has 0 aliphatic rings. The van der Waals surface area contributed by atoms with E-state index in [1.54, 1.807) is 0 Å². The number of ketones is 1. The Morgan fingerprint density at radius 1 is 0.950 bits per heavy atom. The Morgan fingerprint density at radius 2 is 1.45 bits per heavy atom. The first-order valence-electron chi connectivity index (χ1n) is 7.10. The summed E-state index contributed by atoms with van der Waals surface area (Å²) in [6.07, 6.45) is 0.337. The zero-order chi connectivity index (χ0) is 15.3. The van der Waals surface area contributed by atoms with Crippen molar-refractivity contribution in [3.63, 3.8) is 0 Å². The number of rotatable bonds is 6. The van der Waals surface area contributed by atoms with Crippen LogP contribution < -0.4 is 0 Å². The van der Waals surface area contributed by atoms with Gasteiger partial charge in [-0.05, 0) is 35.1 Å². The van der Waals surface area contributed by atoms with Crippen molar-refractivity contribution in [1.82, 2.24) is 0 Å². The highest BCUT2D eigenvalue weighted by Crippen LogP contribution is 2.24. The van der Waals surface area contributed by atoms with Gasteiger partial charge < -0.3 is 4.74 Å². The minimum atomic E-state index is -0.345. The largest absolute Gasteiger partial charge is 0.469 e. The third-order valence-corrected chi connectivity index (χ3v) is 3.42. The summed E-state index contributed by atoms with van der Waals surface area (Å²) in [5, 5.41) is 0. The summed E-state index contributed by atoms with van der Waals surface area (Å²) in [6.45, 7) is 8.45. The van der Waals surface area contributed by atoms with Crippen LogP contribution in [0.1, 0.15) is 73.9 Å². The Morgan fingerprint density at radius 3 is 1.85 bits per heavy atom. The molecule has 1 aromatic rings. The maximum atomic E-state index is 12.2. The lowest BCUT2D eigenvalue weighted by molar-refractivity contribution is -0.140. The van der Waals surface area contributed by atoms with Crippen molar-refractivity contribution in [3.05, 3.63) is 34.9 Å². The van der Waals surface area contributed by atoms with Gasteiger partial charge in [-0.15, -0.1) is 0 Å². The van der Waals surface area contributed by atoms with Gasteiger partial charge in [-0.25, -0.2) is 0 Å². The number of Topliss-reactive ketones (excluding diaryl/α,β-unsaturated/α-hetero) is 1. The molecule has 0 aromatic heterocycles. The van der Waals surface area contributed by atoms with Gasteiger partial charge in [-0.1, -0.05) is 33.8 Å². The quantitative estimate of drug-likeness (QED) is 0.581. The molecular weight excluding hydrogens is 252 g/mol. The van der Waals surface area contributed by atoms with E-state index in [4.69, 9.17) is 0 Å². The van der Waals surface area contributed by atoms with Gasteiger partial charge >= 0.3 is 5.97 Å². The molecule has 0 N–H and O–H groups in total. The van der Waals surface area contributed by atoms with Crippen LogP contribution in [0.2, 0.25) is 0 Å². The third kappa shape index (κ3) is 4.48. The summed E-state index contributed by atoms with van der Waals surface area (Å²) in [5.41, 5.74) is 3.03. The summed E-state index contributed by atoms with van der Waals surface area (Å²) in [5.74, 6) is 0.406. The van der Waals surface area contributed by atoms with Crippen LogP contribution in [0.15, 0.2) is 18.2 Å². The normalized spacial score (nSPS) is 10.9. The average molecular weight is 276 g/mol. The SMILES string of the molecule is COC(=O)CCC(=O)c1cc(C(C)C)cc(C(C)C)c1. The predicted octanol–water partition coefficient (Wildman–Crippen LogP) is 4.07. The summed E-state index contributed by atoms with van der Waals surface area (Å²) in [4.78, 5) is 23.3. The number of ether oxygens (including phenoxy) is 1. The van der Waals surface area contributed by atoms with Crippen LogP contribution in [0.5, 0.6) is 0 Å². The highest BCUT2D eigenvalue weighted by Gasteiger charge is 2.13. The van der Waals surface area contributed by atoms with E-state index in [0.29, 0.717) is 17.4 Å². The minimum Gasteiger partial charge on any atom is -0.469 e. The predicted molar refractivity (Wildman–Crippen MR) is 80.2 cm³/mol. The van der Waals surface area contributed by atoms with E-state index in [9.17, 15) is 9.59 Å². The van der Waals surface area contributed by atoms with Gasteiger partial charge in [0.1, 0.15) is 0 Å². The fourth-order valence-corrected chi connectivity index (χ4v) is 1.97. The second-order valence-corrected chi connectivity index (χ2v) is 5.70. The second kappa shape index (κ2) is 7.22. The highest BCUT2D eigenvalue weighted by molar-refractivity contribution is 5.97. The Bertz CT molecular complexity index is 461. The van der Waals surface area contributed by atoms with Crippen molar-refractivity contribution in [2.75, 3.05) is 7.11 Å². The smallest absolute Gasteiger partial charge is 0.305 e. The molecule has 0 radical (unpaired) electrons. The fraction of sp³-hybridized carbons (Fsp3) is 0.529. The average Bonchev–Trinajstić information content (AvgIpc) is 2.43. The maximum absolute atomic E-state index is 12.2. The van der Waals surface area contributed by atoms with Gasteiger partial charge in [-0.2, -0.15) is 0 Å². The van der Waals surface area contributed by atoms with Gasteiger partial charge in [0.15, 0.2) is 5.78 Å². The molecule has 0 amide bonds. The Hall–Kier alpha value is -1.64. The van der Waals surface area contributed by atoms with Crippen molar-refractivity contribution in [2.45, 2.75) is 52.4 Å². The van der Waals surface area contributed by atoms with E-state index in [0.717, 1.165) is 11.1 Å². The highest BCUT2D eigenvalue weighted by atomic mass is 16.5. The molecule has 20 heavy (non-hydrogen) atoms. The van der Waals surface area contributed by atoms with Crippen molar-refractivity contribution in [2.24, 2.45) is 0 Å². The van der Waals surface area contributed by atoms with E-state index >= 15 is 0 Å². The monoisotopic (exact) mass is 276 g/mol. The van der Waals surface area contributed by atoms with Gasteiger partial charge in [0.05, 0.1) is 13.5 Å². The number of carbonyl (C=O) groups is 2. The molecule has 0 heterocycles. The molecule has 110 valence electrons. The number of methoxy groups -OCH3 is 1. The first-order valence-corrected chi connectivity index (χ1v) is 7.10. The molecule has 0 saturated carbocycles. The summed E-state index contributed by atoms with van der Waals surface area (Å²) >= 11 is 0. The Balaban J connectivity index is 2.98. The molecule has 0 aliphatic carbocycles. The molecular formula is C17H24O3. The molecule has 1 rings (SSSR count). The first kappa shape index (κ1) is 16.4. The number of esters is 1. The number of hydrogen-bond donors (Lipinski definition) is 0. The Labute approximate surface area is 121 Å². The van der Waals surface area contributed by atoms with Crippen molar-refractivity contribution < 1.29 is 14.3 Å². The summed E-state index contributed by atoms with van der Waals surface area (Å²) in [6, 6.07) is 6.04. The lowest BCUT2D eigenvalue weighted by Crippen LogP contribution is -2.07. The van der Waals surface area contributed by atoms with Gasteiger partial charge in [0.2, 0.25) is 0 Å². The van der Waals surface area contributed by atoms with Crippen LogP contribution in [0, 0.1) is 0 Å². The van der Waals surface area contributed by atoms with Crippen LogP contribution in [0.4, 0.5) is 0 Å². The van der Waals surface area contributed by atoms with Gasteiger partial charge in [0.25, 0.3) is 0 Å². The van der Waals surface area contributed by atoms with Crippen LogP contribution in [-0.2, 0) is 9.53 Å². The number of hydrogen-bond acceptors (Lipinski definition) is 3. The first-order chi connectivity index (χ1) is 9.35. The molecule has 0 spiro atoms. The van der Waals surface area contributed by atoms with Crippen LogP contribution in [-0.4, -0.2) is 18.9 Å². The minimum absolute atomic E-state index is 0.000185. The second-order valence-electron chi connectivity index (χ2n) is 5.70. The summed E-state index contributed by atoms with van der Waals surface area (Å²) in [7, 11) is 1.34. The number of carbonyl (C=O) groups excluding carboxylic acids is 2. The van der Waals surface area contributed by atoms with E-state index < -0.39 is 0 Å². The third-order valence-electron chi connectivity index (χ3n) is 3.42. The summed E-state index contributed by atoms with van der Waals surface area (Å²) < 4.78 is 4.57. The topological polar surface area (TPSA) is 43.4 Å². The maximum Gasteiger partial charge on any atom is 0.305 e. The van der Waals surface area contributed by atoms with Crippen molar-refractivity contribution >= 4 is 11.8 Å². The molecule has 3 nitrogen and oxygen atoms in total. The molecule has 0 aliphatic heterocycles. The van der Waals surface area contributed by atoms with E-state index in [-0.39, 0.29) is 24.6 Å². The van der Waals surface area contributed by atoms with E-state index in [2.05, 4.69) is 38.5 Å². The van der Waals surface area contributed by atoms with Crippen molar-refractivity contribution in [3.8, 4) is 0 Å². The van der Waals surface area contributed by atoms with E-state index in [1.165, 1.54) is 7.11 Å². The van der Waals surface area contributed by atoms with Gasteiger partial charge in [-0.3, -0.25) is 9.59 Å². The Kier molecular flexibility index (Phi) is 5.93. The lowest BCUT2D eigenvalue weighted by Gasteiger charge is -2.13. The molecule has 0 atom stereocenters.